The van der Waals surface area contributed by atoms with Crippen LogP contribution in [0.25, 0.3) is 10.4 Å². The van der Waals surface area contributed by atoms with E-state index in [1.165, 1.54) is 44.8 Å². The van der Waals surface area contributed by atoms with E-state index in [9.17, 15) is 0 Å². The first kappa shape index (κ1) is 20.1. The lowest BCUT2D eigenvalue weighted by atomic mass is 9.92. The summed E-state index contributed by atoms with van der Waals surface area (Å²) in [6.07, 6.45) is 2.38. The predicted molar refractivity (Wildman–Crippen MR) is 123 cm³/mol. The molecule has 0 aliphatic carbocycles. The van der Waals surface area contributed by atoms with Gasteiger partial charge in [-0.3, -0.25) is 0 Å². The fourth-order valence-electron chi connectivity index (χ4n) is 4.35. The molecular weight excluding hydrogens is 376 g/mol. The fourth-order valence-corrected chi connectivity index (χ4v) is 5.37. The van der Waals surface area contributed by atoms with E-state index in [1.54, 1.807) is 7.11 Å². The van der Waals surface area contributed by atoms with Crippen LogP contribution in [-0.4, -0.2) is 19.7 Å². The highest BCUT2D eigenvalue weighted by molar-refractivity contribution is 7.15. The number of hydrogen-bond donors (Lipinski definition) is 2. The Labute approximate surface area is 178 Å². The molecule has 0 radical (unpaired) electrons. The lowest BCUT2D eigenvalue weighted by molar-refractivity contribution is 0.303. The van der Waals surface area contributed by atoms with Gasteiger partial charge in [0.1, 0.15) is 5.75 Å². The molecule has 0 saturated carbocycles. The van der Waals surface area contributed by atoms with Crippen molar-refractivity contribution in [3.63, 3.8) is 0 Å². The van der Waals surface area contributed by atoms with Crippen LogP contribution in [0, 0.1) is 13.8 Å². The molecule has 1 fully saturated rings. The van der Waals surface area contributed by atoms with Crippen LogP contribution in [0.4, 0.5) is 0 Å². The summed E-state index contributed by atoms with van der Waals surface area (Å²) in [5, 5.41) is 7.53. The molecule has 1 aromatic heterocycles. The van der Waals surface area contributed by atoms with Crippen molar-refractivity contribution in [2.45, 2.75) is 45.3 Å². The molecule has 3 aromatic rings. The first-order chi connectivity index (χ1) is 14.2. The molecule has 0 amide bonds. The topological polar surface area (TPSA) is 33.3 Å². The third kappa shape index (κ3) is 4.55. The second-order valence-electron chi connectivity index (χ2n) is 7.87. The zero-order valence-electron chi connectivity index (χ0n) is 17.5. The van der Waals surface area contributed by atoms with Crippen molar-refractivity contribution < 1.29 is 4.74 Å². The molecule has 0 bridgehead atoms. The van der Waals surface area contributed by atoms with Crippen molar-refractivity contribution in [2.24, 2.45) is 0 Å². The van der Waals surface area contributed by atoms with Gasteiger partial charge in [0.15, 0.2) is 0 Å². The van der Waals surface area contributed by atoms with Gasteiger partial charge in [0.25, 0.3) is 0 Å². The number of aryl methyl sites for hydroxylation is 2. The Kier molecular flexibility index (Phi) is 6.34. The van der Waals surface area contributed by atoms with E-state index >= 15 is 0 Å². The number of methoxy groups -OCH3 is 1. The monoisotopic (exact) mass is 406 g/mol. The molecule has 3 nitrogen and oxygen atoms in total. The van der Waals surface area contributed by atoms with E-state index in [-0.39, 0.29) is 0 Å². The van der Waals surface area contributed by atoms with Gasteiger partial charge in [-0.2, -0.15) is 0 Å². The molecule has 2 N–H and O–H groups in total. The zero-order chi connectivity index (χ0) is 20.2. The Morgan fingerprint density at radius 3 is 2.66 bits per heavy atom. The van der Waals surface area contributed by atoms with E-state index in [0.29, 0.717) is 12.1 Å². The zero-order valence-corrected chi connectivity index (χ0v) is 18.3. The largest absolute Gasteiger partial charge is 0.496 e. The number of rotatable bonds is 6. The van der Waals surface area contributed by atoms with Crippen LogP contribution >= 0.6 is 11.3 Å². The van der Waals surface area contributed by atoms with Gasteiger partial charge in [0, 0.05) is 33.9 Å². The Morgan fingerprint density at radius 2 is 1.93 bits per heavy atom. The lowest BCUT2D eigenvalue weighted by Crippen LogP contribution is -2.45. The predicted octanol–water partition coefficient (Wildman–Crippen LogP) is 5.62. The minimum absolute atomic E-state index is 0.348. The Balaban J connectivity index is 1.55. The molecule has 29 heavy (non-hydrogen) atoms. The Bertz CT molecular complexity index is 951. The number of benzene rings is 2. The van der Waals surface area contributed by atoms with Crippen LogP contribution in [0.2, 0.25) is 0 Å². The third-order valence-electron chi connectivity index (χ3n) is 5.76. The van der Waals surface area contributed by atoms with Crippen molar-refractivity contribution >= 4 is 11.3 Å². The summed E-state index contributed by atoms with van der Waals surface area (Å²) in [4.78, 5) is 2.71. The highest BCUT2D eigenvalue weighted by atomic mass is 32.1. The van der Waals surface area contributed by atoms with Crippen LogP contribution in [0.3, 0.4) is 0 Å². The normalized spacial score (nSPS) is 19.3. The van der Waals surface area contributed by atoms with Crippen LogP contribution in [-0.2, 0) is 6.54 Å². The Hall–Kier alpha value is -2.14. The molecule has 4 rings (SSSR count). The van der Waals surface area contributed by atoms with E-state index < -0.39 is 0 Å². The minimum Gasteiger partial charge on any atom is -0.496 e. The quantitative estimate of drug-likeness (QED) is 0.557. The van der Waals surface area contributed by atoms with Gasteiger partial charge in [0.2, 0.25) is 0 Å². The van der Waals surface area contributed by atoms with Gasteiger partial charge in [-0.15, -0.1) is 11.3 Å². The first-order valence-corrected chi connectivity index (χ1v) is 11.2. The van der Waals surface area contributed by atoms with Gasteiger partial charge < -0.3 is 15.4 Å². The number of hydrogen-bond acceptors (Lipinski definition) is 4. The maximum Gasteiger partial charge on any atom is 0.123 e. The van der Waals surface area contributed by atoms with Crippen molar-refractivity contribution in [1.29, 1.82) is 0 Å². The van der Waals surface area contributed by atoms with Gasteiger partial charge in [-0.1, -0.05) is 30.3 Å². The van der Waals surface area contributed by atoms with Crippen LogP contribution in [0.5, 0.6) is 5.75 Å². The summed E-state index contributed by atoms with van der Waals surface area (Å²) in [6, 6.07) is 20.4. The number of thiophene rings is 1. The number of nitrogens with one attached hydrogen (secondary N) is 2. The van der Waals surface area contributed by atoms with Crippen LogP contribution in [0.1, 0.15) is 40.5 Å². The van der Waals surface area contributed by atoms with Gasteiger partial charge in [-0.25, -0.2) is 0 Å². The first-order valence-electron chi connectivity index (χ1n) is 10.4. The van der Waals surface area contributed by atoms with Crippen LogP contribution < -0.4 is 15.4 Å². The van der Waals surface area contributed by atoms with E-state index in [0.717, 1.165) is 18.8 Å². The van der Waals surface area contributed by atoms with E-state index in [4.69, 9.17) is 4.74 Å². The average molecular weight is 407 g/mol. The number of ether oxygens (including phenoxy) is 1. The van der Waals surface area contributed by atoms with Crippen LogP contribution in [0.15, 0.2) is 54.6 Å². The molecule has 0 spiro atoms. The fraction of sp³-hybridized carbons (Fsp3) is 0.360. The summed E-state index contributed by atoms with van der Waals surface area (Å²) in [6.45, 7) is 6.25. The molecule has 2 atom stereocenters. The van der Waals surface area contributed by atoms with E-state index in [2.05, 4.69) is 79.1 Å². The lowest BCUT2D eigenvalue weighted by Gasteiger charge is -2.34. The summed E-state index contributed by atoms with van der Waals surface area (Å²) in [5.74, 6) is 0.951. The minimum atomic E-state index is 0.348. The molecular formula is C25H30N2OS. The van der Waals surface area contributed by atoms with E-state index in [1.807, 2.05) is 11.3 Å². The molecule has 1 aliphatic heterocycles. The average Bonchev–Trinajstić information content (AvgIpc) is 3.10. The van der Waals surface area contributed by atoms with Crippen molar-refractivity contribution in [3.8, 4) is 16.2 Å². The third-order valence-corrected chi connectivity index (χ3v) is 6.96. The van der Waals surface area contributed by atoms with Gasteiger partial charge in [-0.05, 0) is 74.2 Å². The highest BCUT2D eigenvalue weighted by Crippen LogP contribution is 2.35. The van der Waals surface area contributed by atoms with Crippen molar-refractivity contribution in [1.82, 2.24) is 10.6 Å². The van der Waals surface area contributed by atoms with Gasteiger partial charge in [0.05, 0.1) is 7.11 Å². The van der Waals surface area contributed by atoms with Gasteiger partial charge >= 0.3 is 0 Å². The highest BCUT2D eigenvalue weighted by Gasteiger charge is 2.25. The maximum atomic E-state index is 5.67. The summed E-state index contributed by atoms with van der Waals surface area (Å²) in [5.41, 5.74) is 5.19. The molecule has 4 heteroatoms. The maximum absolute atomic E-state index is 5.67. The molecule has 152 valence electrons. The van der Waals surface area contributed by atoms with Crippen molar-refractivity contribution in [2.75, 3.05) is 13.7 Å². The van der Waals surface area contributed by atoms with Crippen molar-refractivity contribution in [3.05, 3.63) is 76.2 Å². The summed E-state index contributed by atoms with van der Waals surface area (Å²) >= 11 is 1.86. The number of piperidine rings is 1. The standard InChI is InChI=1S/C25H30N2OS/c1-17-14-18(2)29-25(17)20-11-12-23(28-3)21(15-20)16-27-22-10-7-13-26-24(22)19-8-5-4-6-9-19/h4-6,8-9,11-12,14-15,22,24,26-27H,7,10,13,16H2,1-3H3/t22-,24-/m0/s1. The molecule has 2 heterocycles. The Morgan fingerprint density at radius 1 is 1.10 bits per heavy atom. The second-order valence-corrected chi connectivity index (χ2v) is 9.12. The summed E-state index contributed by atoms with van der Waals surface area (Å²) in [7, 11) is 1.76. The molecule has 1 saturated heterocycles. The smallest absolute Gasteiger partial charge is 0.123 e. The second kappa shape index (κ2) is 9.12. The SMILES string of the molecule is COc1ccc(-c2sc(C)cc2C)cc1CN[C@H]1CCCN[C@H]1c1ccccc1. The molecule has 2 aromatic carbocycles. The summed E-state index contributed by atoms with van der Waals surface area (Å²) < 4.78 is 5.67. The molecule has 0 unspecified atom stereocenters. The molecule has 1 aliphatic rings.